The lowest BCUT2D eigenvalue weighted by atomic mass is 9.98. The van der Waals surface area contributed by atoms with Gasteiger partial charge in [-0.05, 0) is 87.3 Å². The van der Waals surface area contributed by atoms with Gasteiger partial charge in [-0.25, -0.2) is 0 Å². The summed E-state index contributed by atoms with van der Waals surface area (Å²) in [6.45, 7) is 0. The number of fused-ring (bicyclic) bond motifs is 10. The molecule has 2 aromatic heterocycles. The van der Waals surface area contributed by atoms with Crippen LogP contribution >= 0.6 is 22.7 Å². The molecule has 0 bridgehead atoms. The first-order chi connectivity index (χ1) is 23.3. The average molecular weight is 634 g/mol. The molecular formula is C44H27NS2. The van der Waals surface area contributed by atoms with Crippen molar-refractivity contribution in [2.75, 3.05) is 4.90 Å². The van der Waals surface area contributed by atoms with Crippen molar-refractivity contribution in [2.45, 2.75) is 0 Å². The Labute approximate surface area is 280 Å². The summed E-state index contributed by atoms with van der Waals surface area (Å²) in [6.07, 6.45) is 0. The van der Waals surface area contributed by atoms with Gasteiger partial charge in [-0.2, -0.15) is 0 Å². The van der Waals surface area contributed by atoms with Crippen molar-refractivity contribution in [1.29, 1.82) is 0 Å². The van der Waals surface area contributed by atoms with Crippen LogP contribution in [-0.2, 0) is 0 Å². The minimum absolute atomic E-state index is 1.13. The van der Waals surface area contributed by atoms with E-state index in [1.165, 1.54) is 73.0 Å². The van der Waals surface area contributed by atoms with Gasteiger partial charge in [0.2, 0.25) is 0 Å². The predicted octanol–water partition coefficient (Wildman–Crippen LogP) is 13.9. The van der Waals surface area contributed by atoms with Crippen LogP contribution in [0.1, 0.15) is 0 Å². The topological polar surface area (TPSA) is 3.24 Å². The third-order valence-corrected chi connectivity index (χ3v) is 11.8. The smallest absolute Gasteiger partial charge is 0.0468 e. The highest BCUT2D eigenvalue weighted by atomic mass is 32.1. The maximum Gasteiger partial charge on any atom is 0.0468 e. The lowest BCUT2D eigenvalue weighted by Gasteiger charge is -2.26. The zero-order chi connectivity index (χ0) is 30.9. The first-order valence-corrected chi connectivity index (χ1v) is 17.6. The van der Waals surface area contributed by atoms with Gasteiger partial charge < -0.3 is 4.90 Å². The molecule has 0 amide bonds. The van der Waals surface area contributed by atoms with Gasteiger partial charge in [0, 0.05) is 57.4 Å². The molecule has 3 heteroatoms. The van der Waals surface area contributed by atoms with E-state index in [4.69, 9.17) is 0 Å². The predicted molar refractivity (Wildman–Crippen MR) is 207 cm³/mol. The Morgan fingerprint density at radius 1 is 0.362 bits per heavy atom. The summed E-state index contributed by atoms with van der Waals surface area (Å²) >= 11 is 3.82. The Kier molecular flexibility index (Phi) is 5.98. The van der Waals surface area contributed by atoms with Gasteiger partial charge in [-0.1, -0.05) is 109 Å². The van der Waals surface area contributed by atoms with E-state index in [-0.39, 0.29) is 0 Å². The van der Waals surface area contributed by atoms with Crippen LogP contribution in [0.25, 0.3) is 73.0 Å². The van der Waals surface area contributed by atoms with Crippen LogP contribution in [0.5, 0.6) is 0 Å². The van der Waals surface area contributed by atoms with Crippen molar-refractivity contribution >= 4 is 102 Å². The number of hydrogen-bond acceptors (Lipinski definition) is 3. The monoisotopic (exact) mass is 633 g/mol. The van der Waals surface area contributed by atoms with E-state index in [0.717, 1.165) is 17.1 Å². The number of thiophene rings is 2. The van der Waals surface area contributed by atoms with Crippen LogP contribution in [-0.4, -0.2) is 0 Å². The number of anilines is 3. The summed E-state index contributed by atoms with van der Waals surface area (Å²) in [7, 11) is 0. The number of hydrogen-bond donors (Lipinski definition) is 0. The first-order valence-electron chi connectivity index (χ1n) is 15.9. The van der Waals surface area contributed by atoms with Crippen molar-refractivity contribution < 1.29 is 0 Å². The van der Waals surface area contributed by atoms with Crippen LogP contribution in [0.2, 0.25) is 0 Å². The SMILES string of the molecule is c1ccc(N(c2ccc(-c3cccc4sc5ccc6c7ccccc7sc6c5c34)cc2)c2ccc3ccc4ccccc4c3c2)cc1. The fourth-order valence-electron chi connectivity index (χ4n) is 7.27. The minimum atomic E-state index is 1.13. The summed E-state index contributed by atoms with van der Waals surface area (Å²) in [5.74, 6) is 0. The molecule has 10 rings (SSSR count). The largest absolute Gasteiger partial charge is 0.310 e. The van der Waals surface area contributed by atoms with Crippen LogP contribution in [0.4, 0.5) is 17.1 Å². The quantitative estimate of drug-likeness (QED) is 0.174. The second-order valence-corrected chi connectivity index (χ2v) is 14.2. The molecule has 10 aromatic rings. The molecule has 0 aliphatic rings. The summed E-state index contributed by atoms with van der Waals surface area (Å²) in [5, 5.41) is 10.5. The Hall–Kier alpha value is -5.48. The van der Waals surface area contributed by atoms with Gasteiger partial charge in [0.15, 0.2) is 0 Å². The molecule has 0 atom stereocenters. The van der Waals surface area contributed by atoms with E-state index in [1.807, 2.05) is 22.7 Å². The Bertz CT molecular complexity index is 2790. The third-order valence-electron chi connectivity index (χ3n) is 9.44. The van der Waals surface area contributed by atoms with Crippen molar-refractivity contribution in [3.05, 3.63) is 164 Å². The molecule has 0 unspecified atom stereocenters. The average Bonchev–Trinajstić information content (AvgIpc) is 3.71. The number of benzene rings is 8. The van der Waals surface area contributed by atoms with Crippen LogP contribution < -0.4 is 4.90 Å². The van der Waals surface area contributed by atoms with Gasteiger partial charge in [-0.15, -0.1) is 22.7 Å². The van der Waals surface area contributed by atoms with E-state index in [2.05, 4.69) is 169 Å². The molecule has 0 saturated carbocycles. The Balaban J connectivity index is 1.14. The molecule has 2 heterocycles. The van der Waals surface area contributed by atoms with Crippen LogP contribution in [0.15, 0.2) is 164 Å². The molecule has 0 N–H and O–H groups in total. The number of nitrogens with zero attached hydrogens (tertiary/aromatic N) is 1. The van der Waals surface area contributed by atoms with Crippen LogP contribution in [0.3, 0.4) is 0 Å². The van der Waals surface area contributed by atoms with Gasteiger partial charge in [-0.3, -0.25) is 0 Å². The van der Waals surface area contributed by atoms with Gasteiger partial charge >= 0.3 is 0 Å². The van der Waals surface area contributed by atoms with Gasteiger partial charge in [0.05, 0.1) is 0 Å². The lowest BCUT2D eigenvalue weighted by Crippen LogP contribution is -2.09. The molecule has 47 heavy (non-hydrogen) atoms. The molecule has 220 valence electrons. The van der Waals surface area contributed by atoms with Crippen molar-refractivity contribution in [3.8, 4) is 11.1 Å². The van der Waals surface area contributed by atoms with Crippen molar-refractivity contribution in [1.82, 2.24) is 0 Å². The second-order valence-electron chi connectivity index (χ2n) is 12.1. The maximum absolute atomic E-state index is 2.37. The molecule has 0 fully saturated rings. The Morgan fingerprint density at radius 3 is 1.89 bits per heavy atom. The van der Waals surface area contributed by atoms with E-state index in [1.54, 1.807) is 0 Å². The maximum atomic E-state index is 2.37. The lowest BCUT2D eigenvalue weighted by molar-refractivity contribution is 1.29. The van der Waals surface area contributed by atoms with Gasteiger partial charge in [0.25, 0.3) is 0 Å². The minimum Gasteiger partial charge on any atom is -0.310 e. The zero-order valence-corrected chi connectivity index (χ0v) is 27.0. The van der Waals surface area contributed by atoms with E-state index in [9.17, 15) is 0 Å². The van der Waals surface area contributed by atoms with Crippen LogP contribution in [0, 0.1) is 0 Å². The fraction of sp³-hybridized carbons (Fsp3) is 0. The zero-order valence-electron chi connectivity index (χ0n) is 25.4. The molecule has 1 nitrogen and oxygen atoms in total. The number of rotatable bonds is 4. The molecular weight excluding hydrogens is 607 g/mol. The van der Waals surface area contributed by atoms with E-state index < -0.39 is 0 Å². The summed E-state index contributed by atoms with van der Waals surface area (Å²) in [6, 6.07) is 60.0. The third kappa shape index (κ3) is 4.21. The summed E-state index contributed by atoms with van der Waals surface area (Å²) in [4.78, 5) is 2.37. The molecule has 0 aliphatic carbocycles. The summed E-state index contributed by atoms with van der Waals surface area (Å²) in [5.41, 5.74) is 5.93. The number of para-hydroxylation sites is 1. The first kappa shape index (κ1) is 26.7. The standard InChI is InChI=1S/C44H27NS2/c1-2-10-31(11-3-1)45(33-24-21-30-18-17-28-9-4-5-12-34(28)38(30)27-33)32-22-19-29(20-23-32)35-14-8-16-40-42(35)43-41(46-40)26-25-37-36-13-6-7-15-39(36)47-44(37)43/h1-27H. The van der Waals surface area contributed by atoms with Crippen molar-refractivity contribution in [3.63, 3.8) is 0 Å². The molecule has 8 aromatic carbocycles. The molecule has 0 radical (unpaired) electrons. The highest BCUT2D eigenvalue weighted by molar-refractivity contribution is 7.29. The fourth-order valence-corrected chi connectivity index (χ4v) is 9.73. The van der Waals surface area contributed by atoms with E-state index >= 15 is 0 Å². The molecule has 0 aliphatic heterocycles. The van der Waals surface area contributed by atoms with Gasteiger partial charge in [0.1, 0.15) is 0 Å². The normalized spacial score (nSPS) is 11.8. The highest BCUT2D eigenvalue weighted by Crippen LogP contribution is 2.47. The summed E-state index contributed by atoms with van der Waals surface area (Å²) < 4.78 is 5.42. The molecule has 0 spiro atoms. The Morgan fingerprint density at radius 2 is 1.02 bits per heavy atom. The second kappa shape index (κ2) is 10.5. The highest BCUT2D eigenvalue weighted by Gasteiger charge is 2.18. The van der Waals surface area contributed by atoms with E-state index in [0.29, 0.717) is 0 Å². The van der Waals surface area contributed by atoms with Crippen molar-refractivity contribution in [2.24, 2.45) is 0 Å². The molecule has 0 saturated heterocycles.